The van der Waals surface area contributed by atoms with Gasteiger partial charge in [0, 0.05) is 23.0 Å². The molecule has 0 radical (unpaired) electrons. The number of aliphatic hydroxyl groups is 1. The first-order valence-electron chi connectivity index (χ1n) is 3.21. The molecule has 1 atom stereocenters. The van der Waals surface area contributed by atoms with Crippen molar-refractivity contribution in [3.05, 3.63) is 29.0 Å². The molecule has 0 saturated carbocycles. The van der Waals surface area contributed by atoms with Crippen LogP contribution in [0.4, 0.5) is 0 Å². The maximum absolute atomic E-state index is 8.70. The summed E-state index contributed by atoms with van der Waals surface area (Å²) < 4.78 is 0. The van der Waals surface area contributed by atoms with Gasteiger partial charge in [-0.2, -0.15) is 0 Å². The van der Waals surface area contributed by atoms with Crippen molar-refractivity contribution in [1.29, 1.82) is 0 Å². The molecule has 0 fully saturated rings. The highest BCUT2D eigenvalue weighted by molar-refractivity contribution is 6.31. The second-order valence-electron chi connectivity index (χ2n) is 2.19. The van der Waals surface area contributed by atoms with Crippen LogP contribution in [0.25, 0.3) is 0 Å². The number of rotatable bonds is 2. The van der Waals surface area contributed by atoms with Crippen molar-refractivity contribution in [2.45, 2.75) is 6.04 Å². The van der Waals surface area contributed by atoms with Crippen LogP contribution in [-0.4, -0.2) is 16.7 Å². The lowest BCUT2D eigenvalue weighted by atomic mass is 10.1. The molecule has 3 N–H and O–H groups in total. The highest BCUT2D eigenvalue weighted by atomic mass is 35.5. The Kier molecular flexibility index (Phi) is 2.82. The standard InChI is InChI=1S/C7H9ClN2O/c8-6-1-2-10-3-5(6)7(9)4-11/h1-3,7,11H,4,9H2/t7-/m0/s1. The van der Waals surface area contributed by atoms with Crippen LogP contribution in [0.3, 0.4) is 0 Å². The van der Waals surface area contributed by atoms with Gasteiger partial charge in [0.1, 0.15) is 0 Å². The molecule has 3 nitrogen and oxygen atoms in total. The molecule has 0 spiro atoms. The predicted octanol–water partition coefficient (Wildman–Crippen LogP) is 0.727. The lowest BCUT2D eigenvalue weighted by Crippen LogP contribution is -2.14. The topological polar surface area (TPSA) is 59.1 Å². The average molecular weight is 173 g/mol. The molecule has 0 bridgehead atoms. The number of hydrogen-bond donors (Lipinski definition) is 2. The molecule has 4 heteroatoms. The van der Waals surface area contributed by atoms with Crippen LogP contribution in [0, 0.1) is 0 Å². The molecule has 0 amide bonds. The zero-order chi connectivity index (χ0) is 8.27. The first kappa shape index (κ1) is 8.46. The first-order valence-corrected chi connectivity index (χ1v) is 3.59. The number of hydrogen-bond acceptors (Lipinski definition) is 3. The van der Waals surface area contributed by atoms with Crippen LogP contribution in [0.5, 0.6) is 0 Å². The monoisotopic (exact) mass is 172 g/mol. The lowest BCUT2D eigenvalue weighted by molar-refractivity contribution is 0.268. The zero-order valence-corrected chi connectivity index (χ0v) is 6.62. The van der Waals surface area contributed by atoms with E-state index in [0.29, 0.717) is 10.6 Å². The minimum Gasteiger partial charge on any atom is -0.394 e. The third-order valence-corrected chi connectivity index (χ3v) is 1.74. The van der Waals surface area contributed by atoms with Gasteiger partial charge < -0.3 is 10.8 Å². The molecule has 1 heterocycles. The summed E-state index contributed by atoms with van der Waals surface area (Å²) in [6.07, 6.45) is 3.14. The number of aromatic nitrogens is 1. The highest BCUT2D eigenvalue weighted by Crippen LogP contribution is 2.18. The van der Waals surface area contributed by atoms with E-state index in [0.717, 1.165) is 0 Å². The second-order valence-corrected chi connectivity index (χ2v) is 2.59. The Balaban J connectivity index is 2.93. The summed E-state index contributed by atoms with van der Waals surface area (Å²) in [5, 5.41) is 9.24. The normalized spacial score (nSPS) is 13.0. The quantitative estimate of drug-likeness (QED) is 0.692. The fourth-order valence-corrected chi connectivity index (χ4v) is 1.01. The van der Waals surface area contributed by atoms with Crippen molar-refractivity contribution < 1.29 is 5.11 Å². The number of aliphatic hydroxyl groups excluding tert-OH is 1. The molecular weight excluding hydrogens is 164 g/mol. The van der Waals surface area contributed by atoms with E-state index in [1.165, 1.54) is 0 Å². The largest absolute Gasteiger partial charge is 0.394 e. The SMILES string of the molecule is N[C@@H](CO)c1cnccc1Cl. The second kappa shape index (κ2) is 3.67. The van der Waals surface area contributed by atoms with Gasteiger partial charge in [-0.15, -0.1) is 0 Å². The molecule has 1 aromatic heterocycles. The predicted molar refractivity (Wildman–Crippen MR) is 43.3 cm³/mol. The summed E-state index contributed by atoms with van der Waals surface area (Å²) in [7, 11) is 0. The fraction of sp³-hybridized carbons (Fsp3) is 0.286. The zero-order valence-electron chi connectivity index (χ0n) is 5.87. The smallest absolute Gasteiger partial charge is 0.0625 e. The van der Waals surface area contributed by atoms with Crippen LogP contribution < -0.4 is 5.73 Å². The van der Waals surface area contributed by atoms with Crippen molar-refractivity contribution >= 4 is 11.6 Å². The van der Waals surface area contributed by atoms with Gasteiger partial charge in [-0.05, 0) is 6.07 Å². The Bertz CT molecular complexity index is 242. The van der Waals surface area contributed by atoms with Gasteiger partial charge >= 0.3 is 0 Å². The van der Waals surface area contributed by atoms with Gasteiger partial charge in [0.2, 0.25) is 0 Å². The van der Waals surface area contributed by atoms with Gasteiger partial charge in [-0.1, -0.05) is 11.6 Å². The van der Waals surface area contributed by atoms with Crippen molar-refractivity contribution in [2.75, 3.05) is 6.61 Å². The molecule has 0 aliphatic rings. The first-order chi connectivity index (χ1) is 5.25. The molecule has 1 rings (SSSR count). The maximum atomic E-state index is 8.70. The Hall–Kier alpha value is -0.640. The molecule has 0 aliphatic carbocycles. The molecule has 0 unspecified atom stereocenters. The summed E-state index contributed by atoms with van der Waals surface area (Å²) >= 11 is 5.77. The van der Waals surface area contributed by atoms with Crippen LogP contribution in [0.2, 0.25) is 5.02 Å². The molecule has 0 aromatic carbocycles. The Labute approximate surface area is 69.8 Å². The third kappa shape index (κ3) is 1.89. The van der Waals surface area contributed by atoms with E-state index in [9.17, 15) is 0 Å². The van der Waals surface area contributed by atoms with Crippen LogP contribution in [0.15, 0.2) is 18.5 Å². The molecule has 0 saturated heterocycles. The number of pyridine rings is 1. The van der Waals surface area contributed by atoms with Gasteiger partial charge in [-0.3, -0.25) is 4.98 Å². The summed E-state index contributed by atoms with van der Waals surface area (Å²) in [5.74, 6) is 0. The van der Waals surface area contributed by atoms with Crippen molar-refractivity contribution in [3.63, 3.8) is 0 Å². The van der Waals surface area contributed by atoms with Crippen molar-refractivity contribution in [1.82, 2.24) is 4.98 Å². The van der Waals surface area contributed by atoms with Crippen LogP contribution in [-0.2, 0) is 0 Å². The van der Waals surface area contributed by atoms with E-state index in [1.807, 2.05) is 0 Å². The van der Waals surface area contributed by atoms with Crippen LogP contribution in [0.1, 0.15) is 11.6 Å². The number of halogens is 1. The Morgan fingerprint density at radius 2 is 2.45 bits per heavy atom. The van der Waals surface area contributed by atoms with E-state index < -0.39 is 6.04 Å². The third-order valence-electron chi connectivity index (χ3n) is 1.39. The van der Waals surface area contributed by atoms with E-state index in [4.69, 9.17) is 22.4 Å². The van der Waals surface area contributed by atoms with Crippen molar-refractivity contribution in [2.24, 2.45) is 5.73 Å². The minimum absolute atomic E-state index is 0.120. The van der Waals surface area contributed by atoms with Crippen LogP contribution >= 0.6 is 11.6 Å². The molecule has 11 heavy (non-hydrogen) atoms. The Morgan fingerprint density at radius 3 is 3.00 bits per heavy atom. The van der Waals surface area contributed by atoms with E-state index in [1.54, 1.807) is 18.5 Å². The average Bonchev–Trinajstić information content (AvgIpc) is 2.04. The van der Waals surface area contributed by atoms with Gasteiger partial charge in [0.25, 0.3) is 0 Å². The number of nitrogens with zero attached hydrogens (tertiary/aromatic N) is 1. The van der Waals surface area contributed by atoms with E-state index in [2.05, 4.69) is 4.98 Å². The van der Waals surface area contributed by atoms with E-state index in [-0.39, 0.29) is 6.61 Å². The van der Waals surface area contributed by atoms with E-state index >= 15 is 0 Å². The number of nitrogens with two attached hydrogens (primary N) is 1. The van der Waals surface area contributed by atoms with Gasteiger partial charge in [0.05, 0.1) is 12.6 Å². The Morgan fingerprint density at radius 1 is 1.73 bits per heavy atom. The van der Waals surface area contributed by atoms with Gasteiger partial charge in [0.15, 0.2) is 0 Å². The summed E-state index contributed by atoms with van der Waals surface area (Å²) in [4.78, 5) is 3.84. The molecule has 0 aliphatic heterocycles. The molecular formula is C7H9ClN2O. The summed E-state index contributed by atoms with van der Waals surface area (Å²) in [6.45, 7) is -0.120. The van der Waals surface area contributed by atoms with Gasteiger partial charge in [-0.25, -0.2) is 0 Å². The molecule has 60 valence electrons. The lowest BCUT2D eigenvalue weighted by Gasteiger charge is -2.08. The maximum Gasteiger partial charge on any atom is 0.0625 e. The van der Waals surface area contributed by atoms with Crippen molar-refractivity contribution in [3.8, 4) is 0 Å². The summed E-state index contributed by atoms with van der Waals surface area (Å²) in [5.41, 5.74) is 6.20. The molecule has 1 aromatic rings. The summed E-state index contributed by atoms with van der Waals surface area (Å²) in [6, 6.07) is 1.21. The minimum atomic E-state index is -0.434. The fourth-order valence-electron chi connectivity index (χ4n) is 0.761. The highest BCUT2D eigenvalue weighted by Gasteiger charge is 2.07.